The zero-order chi connectivity index (χ0) is 14.8. The van der Waals surface area contributed by atoms with Gasteiger partial charge in [0.15, 0.2) is 0 Å². The molecule has 1 unspecified atom stereocenters. The first-order valence-electron chi connectivity index (χ1n) is 6.61. The number of halogens is 2. The molecule has 2 rings (SSSR count). The van der Waals surface area contributed by atoms with E-state index in [2.05, 4.69) is 21.2 Å². The second-order valence-electron chi connectivity index (χ2n) is 5.10. The second-order valence-corrected chi connectivity index (χ2v) is 5.95. The first kappa shape index (κ1) is 15.4. The standard InChI is InChI=1S/C14H18BrFN2O2/c1-14(13(19)20,18-7-2-5-17-6-8-18)10-3-4-12(16)11(15)9-10/h3-4,9,17H,2,5-8H2,1H3,(H,19,20). The summed E-state index contributed by atoms with van der Waals surface area (Å²) in [6, 6.07) is 4.41. The van der Waals surface area contributed by atoms with Gasteiger partial charge in [-0.05, 0) is 53.5 Å². The molecule has 1 aromatic rings. The fraction of sp³-hybridized carbons (Fsp3) is 0.500. The van der Waals surface area contributed by atoms with Crippen LogP contribution in [0.2, 0.25) is 0 Å². The molecule has 0 aliphatic carbocycles. The topological polar surface area (TPSA) is 52.6 Å². The summed E-state index contributed by atoms with van der Waals surface area (Å²) in [6.45, 7) is 4.67. The Kier molecular flexibility index (Phi) is 4.78. The van der Waals surface area contributed by atoms with Gasteiger partial charge in [-0.1, -0.05) is 6.07 Å². The summed E-state index contributed by atoms with van der Waals surface area (Å²) >= 11 is 3.13. The molecule has 2 N–H and O–H groups in total. The Hall–Kier alpha value is -0.980. The Balaban J connectivity index is 2.41. The van der Waals surface area contributed by atoms with Crippen molar-refractivity contribution >= 4 is 21.9 Å². The van der Waals surface area contributed by atoms with E-state index in [0.717, 1.165) is 19.5 Å². The molecule has 0 radical (unpaired) electrons. The number of carbonyl (C=O) groups is 1. The van der Waals surface area contributed by atoms with Crippen molar-refractivity contribution in [3.05, 3.63) is 34.1 Å². The number of carboxylic acid groups (broad SMARTS) is 1. The predicted octanol–water partition coefficient (Wildman–Crippen LogP) is 2.18. The smallest absolute Gasteiger partial charge is 0.328 e. The number of hydrogen-bond acceptors (Lipinski definition) is 3. The fourth-order valence-electron chi connectivity index (χ4n) is 2.53. The van der Waals surface area contributed by atoms with Gasteiger partial charge in [0.05, 0.1) is 4.47 Å². The molecule has 0 aromatic heterocycles. The highest BCUT2D eigenvalue weighted by atomic mass is 79.9. The molecular weight excluding hydrogens is 327 g/mol. The Bertz CT molecular complexity index is 504. The van der Waals surface area contributed by atoms with Crippen molar-refractivity contribution in [1.29, 1.82) is 0 Å². The molecule has 6 heteroatoms. The van der Waals surface area contributed by atoms with Crippen molar-refractivity contribution < 1.29 is 14.3 Å². The van der Waals surface area contributed by atoms with E-state index in [4.69, 9.17) is 0 Å². The van der Waals surface area contributed by atoms with E-state index in [9.17, 15) is 14.3 Å². The van der Waals surface area contributed by atoms with E-state index in [0.29, 0.717) is 18.7 Å². The maximum absolute atomic E-state index is 13.4. The molecule has 0 spiro atoms. The summed E-state index contributed by atoms with van der Waals surface area (Å²) in [5, 5.41) is 13.0. The van der Waals surface area contributed by atoms with Crippen LogP contribution in [0.3, 0.4) is 0 Å². The van der Waals surface area contributed by atoms with Gasteiger partial charge in [-0.2, -0.15) is 0 Å². The van der Waals surface area contributed by atoms with Gasteiger partial charge in [-0.25, -0.2) is 9.18 Å². The minimum Gasteiger partial charge on any atom is -0.480 e. The minimum absolute atomic E-state index is 0.287. The van der Waals surface area contributed by atoms with Crippen molar-refractivity contribution in [3.63, 3.8) is 0 Å². The molecule has 0 amide bonds. The number of rotatable bonds is 3. The Morgan fingerprint density at radius 1 is 1.45 bits per heavy atom. The van der Waals surface area contributed by atoms with Gasteiger partial charge in [0.2, 0.25) is 0 Å². The molecule has 4 nitrogen and oxygen atoms in total. The van der Waals surface area contributed by atoms with E-state index in [1.54, 1.807) is 19.1 Å². The summed E-state index contributed by atoms with van der Waals surface area (Å²) in [4.78, 5) is 13.8. The molecule has 1 fully saturated rings. The van der Waals surface area contributed by atoms with Crippen molar-refractivity contribution in [2.45, 2.75) is 18.9 Å². The summed E-state index contributed by atoms with van der Waals surface area (Å²) < 4.78 is 13.7. The summed E-state index contributed by atoms with van der Waals surface area (Å²) in [5.41, 5.74) is -0.567. The molecule has 0 bridgehead atoms. The number of carboxylic acids is 1. The number of benzene rings is 1. The van der Waals surface area contributed by atoms with Gasteiger partial charge in [0.25, 0.3) is 0 Å². The third kappa shape index (κ3) is 2.87. The lowest BCUT2D eigenvalue weighted by atomic mass is 9.89. The highest BCUT2D eigenvalue weighted by Crippen LogP contribution is 2.32. The SMILES string of the molecule is CC(C(=O)O)(c1ccc(F)c(Br)c1)N1CCCNCC1. The molecule has 0 saturated carbocycles. The molecule has 1 atom stereocenters. The Labute approximate surface area is 126 Å². The lowest BCUT2D eigenvalue weighted by molar-refractivity contribution is -0.151. The number of aliphatic carboxylic acids is 1. The van der Waals surface area contributed by atoms with Crippen LogP contribution in [0.1, 0.15) is 18.9 Å². The van der Waals surface area contributed by atoms with Crippen LogP contribution < -0.4 is 5.32 Å². The molecule has 20 heavy (non-hydrogen) atoms. The third-order valence-electron chi connectivity index (χ3n) is 3.87. The zero-order valence-electron chi connectivity index (χ0n) is 11.3. The summed E-state index contributed by atoms with van der Waals surface area (Å²) in [5.74, 6) is -1.31. The van der Waals surface area contributed by atoms with Crippen LogP contribution in [0.4, 0.5) is 4.39 Å². The van der Waals surface area contributed by atoms with Gasteiger partial charge in [0, 0.05) is 19.6 Å². The Morgan fingerprint density at radius 3 is 2.85 bits per heavy atom. The van der Waals surface area contributed by atoms with Crippen molar-refractivity contribution in [2.24, 2.45) is 0 Å². The quantitative estimate of drug-likeness (QED) is 0.882. The summed E-state index contributed by atoms with van der Waals surface area (Å²) in [7, 11) is 0. The molecular formula is C14H18BrFN2O2. The zero-order valence-corrected chi connectivity index (χ0v) is 12.9. The van der Waals surface area contributed by atoms with E-state index in [1.807, 2.05) is 4.90 Å². The largest absolute Gasteiger partial charge is 0.480 e. The van der Waals surface area contributed by atoms with Gasteiger partial charge in [-0.15, -0.1) is 0 Å². The first-order valence-corrected chi connectivity index (χ1v) is 7.40. The molecule has 1 aliphatic heterocycles. The van der Waals surface area contributed by atoms with Crippen LogP contribution in [-0.2, 0) is 10.3 Å². The molecule has 1 aliphatic rings. The molecule has 1 aromatic carbocycles. The Morgan fingerprint density at radius 2 is 2.20 bits per heavy atom. The van der Waals surface area contributed by atoms with E-state index in [-0.39, 0.29) is 10.3 Å². The van der Waals surface area contributed by atoms with E-state index in [1.165, 1.54) is 6.07 Å². The van der Waals surface area contributed by atoms with E-state index < -0.39 is 11.5 Å². The maximum Gasteiger partial charge on any atom is 0.328 e. The number of nitrogens with one attached hydrogen (secondary N) is 1. The molecule has 1 saturated heterocycles. The molecule has 110 valence electrons. The van der Waals surface area contributed by atoms with Gasteiger partial charge < -0.3 is 10.4 Å². The number of nitrogens with zero attached hydrogens (tertiary/aromatic N) is 1. The monoisotopic (exact) mass is 344 g/mol. The average Bonchev–Trinajstić information content (AvgIpc) is 2.70. The predicted molar refractivity (Wildman–Crippen MR) is 78.1 cm³/mol. The fourth-order valence-corrected chi connectivity index (χ4v) is 2.91. The maximum atomic E-state index is 13.4. The molecule has 1 heterocycles. The number of hydrogen-bond donors (Lipinski definition) is 2. The van der Waals surface area contributed by atoms with Crippen LogP contribution in [0.5, 0.6) is 0 Å². The van der Waals surface area contributed by atoms with Crippen LogP contribution in [-0.4, -0.2) is 42.2 Å². The average molecular weight is 345 g/mol. The first-order chi connectivity index (χ1) is 9.46. The van der Waals surface area contributed by atoms with Crippen molar-refractivity contribution in [2.75, 3.05) is 26.2 Å². The van der Waals surface area contributed by atoms with Crippen LogP contribution in [0, 0.1) is 5.82 Å². The van der Waals surface area contributed by atoms with E-state index >= 15 is 0 Å². The van der Waals surface area contributed by atoms with Crippen LogP contribution in [0.25, 0.3) is 0 Å². The third-order valence-corrected chi connectivity index (χ3v) is 4.48. The lowest BCUT2D eigenvalue weighted by Crippen LogP contribution is -2.51. The van der Waals surface area contributed by atoms with Crippen molar-refractivity contribution in [3.8, 4) is 0 Å². The summed E-state index contributed by atoms with van der Waals surface area (Å²) in [6.07, 6.45) is 0.894. The lowest BCUT2D eigenvalue weighted by Gasteiger charge is -2.37. The van der Waals surface area contributed by atoms with Crippen LogP contribution >= 0.6 is 15.9 Å². The van der Waals surface area contributed by atoms with Crippen molar-refractivity contribution in [1.82, 2.24) is 10.2 Å². The second kappa shape index (κ2) is 6.20. The minimum atomic E-state index is -1.15. The van der Waals surface area contributed by atoms with Gasteiger partial charge in [0.1, 0.15) is 11.4 Å². The normalized spacial score (nSPS) is 20.1. The van der Waals surface area contributed by atoms with Gasteiger partial charge >= 0.3 is 5.97 Å². The van der Waals surface area contributed by atoms with Gasteiger partial charge in [-0.3, -0.25) is 4.90 Å². The highest BCUT2D eigenvalue weighted by molar-refractivity contribution is 9.10. The highest BCUT2D eigenvalue weighted by Gasteiger charge is 2.41. The van der Waals surface area contributed by atoms with Crippen LogP contribution in [0.15, 0.2) is 22.7 Å².